The number of Topliss-reactive ketones (excluding diaryl/α,β-unsaturated/α-hetero) is 1. The van der Waals surface area contributed by atoms with Crippen molar-refractivity contribution >= 4 is 11.8 Å². The molecule has 3 rings (SSSR count). The van der Waals surface area contributed by atoms with E-state index < -0.39 is 41.6 Å². The van der Waals surface area contributed by atoms with Crippen molar-refractivity contribution in [3.8, 4) is 0 Å². The number of carbonyl (C=O) groups excluding carboxylic acids is 1. The first-order valence-corrected chi connectivity index (χ1v) is 13.2. The number of carboxylic acid groups (broad SMARTS) is 1. The molecular weight excluding hydrogens is 424 g/mol. The van der Waals surface area contributed by atoms with E-state index in [1.165, 1.54) is 44.9 Å². The van der Waals surface area contributed by atoms with Gasteiger partial charge in [-0.2, -0.15) is 0 Å². The molecule has 3 aliphatic rings. The zero-order valence-electron chi connectivity index (χ0n) is 20.6. The Morgan fingerprint density at radius 3 is 2.15 bits per heavy atom. The standard InChI is InChI=1S/C26H44O7/c1-4-6-8-10-12-13-17-15-19(27)25(3,16-18(17)14-11-9-7-5-2)21-20(28)22-26(31,33-22)23(32-21)24(29)30/h17-18,20-23,28,31H,4-16H2,1-3H3,(H,29,30). The Balaban J connectivity index is 1.72. The van der Waals surface area contributed by atoms with E-state index in [0.717, 1.165) is 25.7 Å². The van der Waals surface area contributed by atoms with Crippen molar-refractivity contribution in [2.24, 2.45) is 17.3 Å². The lowest BCUT2D eigenvalue weighted by molar-refractivity contribution is -0.220. The van der Waals surface area contributed by atoms with Gasteiger partial charge in [-0.1, -0.05) is 85.0 Å². The first kappa shape index (κ1) is 26.6. The van der Waals surface area contributed by atoms with E-state index in [1.807, 2.05) is 6.92 Å². The van der Waals surface area contributed by atoms with Gasteiger partial charge < -0.3 is 24.8 Å². The summed E-state index contributed by atoms with van der Waals surface area (Å²) in [7, 11) is 0. The molecule has 2 heterocycles. The van der Waals surface area contributed by atoms with E-state index in [1.54, 1.807) is 0 Å². The Labute approximate surface area is 198 Å². The predicted octanol–water partition coefficient (Wildman–Crippen LogP) is 4.22. The van der Waals surface area contributed by atoms with Crippen molar-refractivity contribution in [1.82, 2.24) is 0 Å². The molecule has 33 heavy (non-hydrogen) atoms. The minimum absolute atomic E-state index is 0.0325. The van der Waals surface area contributed by atoms with Gasteiger partial charge in [-0.05, 0) is 24.7 Å². The number of unbranched alkanes of at least 4 members (excludes halogenated alkanes) is 7. The SMILES string of the molecule is CCCCCCCC1CC(=O)C(C)(C2OC(C(=O)O)C3(O)OC3C2O)CC1CCCCCC. The van der Waals surface area contributed by atoms with Crippen molar-refractivity contribution in [2.45, 2.75) is 134 Å². The molecule has 7 heteroatoms. The summed E-state index contributed by atoms with van der Waals surface area (Å²) >= 11 is 0. The number of aliphatic hydroxyl groups is 2. The molecule has 1 saturated carbocycles. The van der Waals surface area contributed by atoms with Crippen LogP contribution in [0.3, 0.4) is 0 Å². The van der Waals surface area contributed by atoms with E-state index in [2.05, 4.69) is 13.8 Å². The molecule has 0 aromatic heterocycles. The molecule has 0 spiro atoms. The smallest absolute Gasteiger partial charge is 0.338 e. The van der Waals surface area contributed by atoms with Gasteiger partial charge in [0, 0.05) is 6.42 Å². The molecule has 0 radical (unpaired) electrons. The highest BCUT2D eigenvalue weighted by Crippen LogP contribution is 2.54. The molecule has 1 aliphatic carbocycles. The Kier molecular flexibility index (Phi) is 8.98. The lowest BCUT2D eigenvalue weighted by Crippen LogP contribution is -2.62. The number of carboxylic acids is 1. The number of ketones is 1. The maximum Gasteiger partial charge on any atom is 0.338 e. The number of aliphatic hydroxyl groups excluding tert-OH is 1. The normalized spacial score (nSPS) is 40.5. The molecule has 8 unspecified atom stereocenters. The number of epoxide rings is 1. The molecule has 3 fully saturated rings. The highest BCUT2D eigenvalue weighted by Gasteiger charge is 2.74. The zero-order valence-corrected chi connectivity index (χ0v) is 20.6. The second-order valence-corrected chi connectivity index (χ2v) is 10.9. The van der Waals surface area contributed by atoms with E-state index in [-0.39, 0.29) is 5.78 Å². The number of hydrogen-bond donors (Lipinski definition) is 3. The second-order valence-electron chi connectivity index (χ2n) is 10.9. The Morgan fingerprint density at radius 2 is 1.55 bits per heavy atom. The van der Waals surface area contributed by atoms with Crippen LogP contribution in [0, 0.1) is 17.3 Å². The summed E-state index contributed by atoms with van der Waals surface area (Å²) < 4.78 is 10.9. The fraction of sp³-hybridized carbons (Fsp3) is 0.923. The second kappa shape index (κ2) is 11.1. The molecule has 0 amide bonds. The van der Waals surface area contributed by atoms with Gasteiger partial charge in [0.15, 0.2) is 0 Å². The average molecular weight is 469 g/mol. The van der Waals surface area contributed by atoms with Crippen LogP contribution < -0.4 is 0 Å². The summed E-state index contributed by atoms with van der Waals surface area (Å²) in [6.45, 7) is 6.21. The Hall–Kier alpha value is -1.02. The highest BCUT2D eigenvalue weighted by molar-refractivity contribution is 5.86. The molecule has 2 saturated heterocycles. The third kappa shape index (κ3) is 5.63. The van der Waals surface area contributed by atoms with Crippen LogP contribution in [0.25, 0.3) is 0 Å². The van der Waals surface area contributed by atoms with Crippen molar-refractivity contribution in [3.63, 3.8) is 0 Å². The summed E-state index contributed by atoms with van der Waals surface area (Å²) in [6, 6.07) is 0. The number of hydrogen-bond acceptors (Lipinski definition) is 6. The maximum atomic E-state index is 13.5. The van der Waals surface area contributed by atoms with Gasteiger partial charge in [0.1, 0.15) is 18.0 Å². The Morgan fingerprint density at radius 1 is 0.970 bits per heavy atom. The van der Waals surface area contributed by atoms with Gasteiger partial charge in [0.2, 0.25) is 11.9 Å². The highest BCUT2D eigenvalue weighted by atomic mass is 16.8. The average Bonchev–Trinajstić information content (AvgIpc) is 3.47. The maximum absolute atomic E-state index is 13.5. The van der Waals surface area contributed by atoms with Crippen LogP contribution in [-0.2, 0) is 19.1 Å². The molecular formula is C26H44O7. The summed E-state index contributed by atoms with van der Waals surface area (Å²) in [4.78, 5) is 25.2. The van der Waals surface area contributed by atoms with Gasteiger partial charge >= 0.3 is 5.97 Å². The molecule has 0 aromatic carbocycles. The Bertz CT molecular complexity index is 682. The summed E-state index contributed by atoms with van der Waals surface area (Å²) in [6.07, 6.45) is 8.94. The lowest BCUT2D eigenvalue weighted by Gasteiger charge is -2.48. The summed E-state index contributed by atoms with van der Waals surface area (Å²) in [5, 5.41) is 30.7. The zero-order chi connectivity index (χ0) is 24.2. The number of carbonyl (C=O) groups is 2. The van der Waals surface area contributed by atoms with Crippen LogP contribution in [0.4, 0.5) is 0 Å². The quantitative estimate of drug-likeness (QED) is 0.274. The van der Waals surface area contributed by atoms with Gasteiger partial charge in [0.05, 0.1) is 11.5 Å². The van der Waals surface area contributed by atoms with Crippen LogP contribution in [0.2, 0.25) is 0 Å². The first-order chi connectivity index (χ1) is 15.7. The molecule has 8 atom stereocenters. The minimum atomic E-state index is -2.00. The van der Waals surface area contributed by atoms with Crippen LogP contribution in [0.5, 0.6) is 0 Å². The number of aliphatic carboxylic acids is 1. The molecule has 190 valence electrons. The summed E-state index contributed by atoms with van der Waals surface area (Å²) in [5.41, 5.74) is -0.992. The van der Waals surface area contributed by atoms with Crippen molar-refractivity contribution in [1.29, 1.82) is 0 Å². The van der Waals surface area contributed by atoms with Crippen LogP contribution in [0.15, 0.2) is 0 Å². The lowest BCUT2D eigenvalue weighted by atomic mass is 9.59. The van der Waals surface area contributed by atoms with Gasteiger partial charge in [-0.15, -0.1) is 0 Å². The molecule has 3 N–H and O–H groups in total. The molecule has 7 nitrogen and oxygen atoms in total. The molecule has 2 aliphatic heterocycles. The van der Waals surface area contributed by atoms with Crippen molar-refractivity contribution in [3.05, 3.63) is 0 Å². The van der Waals surface area contributed by atoms with Crippen LogP contribution >= 0.6 is 0 Å². The third-order valence-electron chi connectivity index (χ3n) is 8.34. The van der Waals surface area contributed by atoms with Gasteiger partial charge in [0.25, 0.3) is 0 Å². The van der Waals surface area contributed by atoms with Crippen molar-refractivity contribution < 1.29 is 34.4 Å². The number of rotatable bonds is 13. The monoisotopic (exact) mass is 468 g/mol. The molecule has 0 bridgehead atoms. The molecule has 0 aromatic rings. The number of ether oxygens (including phenoxy) is 2. The van der Waals surface area contributed by atoms with Crippen LogP contribution in [0.1, 0.15) is 104 Å². The summed E-state index contributed by atoms with van der Waals surface area (Å²) in [5.74, 6) is -2.64. The largest absolute Gasteiger partial charge is 0.479 e. The van der Waals surface area contributed by atoms with E-state index in [9.17, 15) is 24.9 Å². The number of fused-ring (bicyclic) bond motifs is 1. The fourth-order valence-corrected chi connectivity index (χ4v) is 6.20. The van der Waals surface area contributed by atoms with Gasteiger partial charge in [-0.25, -0.2) is 4.79 Å². The van der Waals surface area contributed by atoms with E-state index >= 15 is 0 Å². The van der Waals surface area contributed by atoms with Crippen LogP contribution in [-0.4, -0.2) is 57.3 Å². The van der Waals surface area contributed by atoms with E-state index in [0.29, 0.717) is 24.7 Å². The fourth-order valence-electron chi connectivity index (χ4n) is 6.20. The topological polar surface area (TPSA) is 117 Å². The minimum Gasteiger partial charge on any atom is -0.479 e. The predicted molar refractivity (Wildman–Crippen MR) is 124 cm³/mol. The first-order valence-electron chi connectivity index (χ1n) is 13.2. The third-order valence-corrected chi connectivity index (χ3v) is 8.34. The van der Waals surface area contributed by atoms with Gasteiger partial charge in [-0.3, -0.25) is 4.79 Å². The van der Waals surface area contributed by atoms with Crippen molar-refractivity contribution in [2.75, 3.05) is 0 Å². The van der Waals surface area contributed by atoms with E-state index in [4.69, 9.17) is 9.47 Å².